The lowest BCUT2D eigenvalue weighted by Crippen LogP contribution is -1.98. The minimum absolute atomic E-state index is 0.619. The Hall–Kier alpha value is -3.87. The second-order valence-electron chi connectivity index (χ2n) is 5.89. The lowest BCUT2D eigenvalue weighted by molar-refractivity contribution is 0.356. The number of nitrogens with zero attached hydrogens (tertiary/aromatic N) is 3. The third-order valence-electron chi connectivity index (χ3n) is 4.13. The number of aromatic nitrogens is 3. The van der Waals surface area contributed by atoms with Gasteiger partial charge in [0.2, 0.25) is 0 Å². The van der Waals surface area contributed by atoms with E-state index < -0.39 is 0 Å². The maximum absolute atomic E-state index is 5.76. The summed E-state index contributed by atoms with van der Waals surface area (Å²) in [4.78, 5) is 12.7. The molecule has 0 aliphatic carbocycles. The van der Waals surface area contributed by atoms with E-state index in [1.54, 1.807) is 26.6 Å². The number of pyridine rings is 1. The molecule has 0 aliphatic heterocycles. The van der Waals surface area contributed by atoms with Crippen molar-refractivity contribution in [3.63, 3.8) is 0 Å². The van der Waals surface area contributed by atoms with Crippen molar-refractivity contribution in [3.8, 4) is 23.0 Å². The van der Waals surface area contributed by atoms with Gasteiger partial charge in [-0.25, -0.2) is 9.97 Å². The zero-order chi connectivity index (χ0) is 19.3. The number of nitrogens with one attached hydrogen (secondary N) is 1. The molecule has 0 radical (unpaired) electrons. The SMILES string of the molecule is COc1cc2ncnc(Nc3ccc(Oc4cccnc4)cc3)c2cc1OC. The summed E-state index contributed by atoms with van der Waals surface area (Å²) in [6.45, 7) is 0. The monoisotopic (exact) mass is 374 g/mol. The van der Waals surface area contributed by atoms with Crippen molar-refractivity contribution in [1.82, 2.24) is 15.0 Å². The minimum atomic E-state index is 0.619. The molecular weight excluding hydrogens is 356 g/mol. The Morgan fingerprint density at radius 3 is 2.36 bits per heavy atom. The predicted octanol–water partition coefficient (Wildman–Crippen LogP) is 4.58. The first-order chi connectivity index (χ1) is 13.8. The Balaban J connectivity index is 1.59. The molecule has 140 valence electrons. The number of anilines is 2. The van der Waals surface area contributed by atoms with E-state index in [4.69, 9.17) is 14.2 Å². The molecule has 0 unspecified atom stereocenters. The van der Waals surface area contributed by atoms with Crippen LogP contribution in [0.5, 0.6) is 23.0 Å². The maximum Gasteiger partial charge on any atom is 0.162 e. The fraction of sp³-hybridized carbons (Fsp3) is 0.0952. The smallest absolute Gasteiger partial charge is 0.162 e. The lowest BCUT2D eigenvalue weighted by Gasteiger charge is -2.12. The van der Waals surface area contributed by atoms with Crippen molar-refractivity contribution < 1.29 is 14.2 Å². The number of ether oxygens (including phenoxy) is 3. The normalized spacial score (nSPS) is 10.5. The molecule has 0 amide bonds. The van der Waals surface area contributed by atoms with Gasteiger partial charge in [0.15, 0.2) is 11.5 Å². The Bertz CT molecular complexity index is 1090. The summed E-state index contributed by atoms with van der Waals surface area (Å²) in [6.07, 6.45) is 4.88. The molecule has 4 aromatic rings. The van der Waals surface area contributed by atoms with Crippen LogP contribution in [0.15, 0.2) is 67.3 Å². The van der Waals surface area contributed by atoms with Gasteiger partial charge in [-0.1, -0.05) is 0 Å². The average molecular weight is 374 g/mol. The number of rotatable bonds is 6. The van der Waals surface area contributed by atoms with E-state index in [-0.39, 0.29) is 0 Å². The van der Waals surface area contributed by atoms with Crippen LogP contribution in [0.3, 0.4) is 0 Å². The van der Waals surface area contributed by atoms with Crippen LogP contribution in [0.1, 0.15) is 0 Å². The average Bonchev–Trinajstić information content (AvgIpc) is 2.75. The highest BCUT2D eigenvalue weighted by atomic mass is 16.5. The first-order valence-electron chi connectivity index (χ1n) is 8.58. The van der Waals surface area contributed by atoms with Crippen LogP contribution in [0.2, 0.25) is 0 Å². The molecule has 2 heterocycles. The fourth-order valence-corrected chi connectivity index (χ4v) is 2.77. The molecule has 0 aliphatic rings. The Labute approximate surface area is 162 Å². The van der Waals surface area contributed by atoms with Crippen molar-refractivity contribution in [2.75, 3.05) is 19.5 Å². The molecular formula is C21H18N4O3. The van der Waals surface area contributed by atoms with Crippen LogP contribution in [-0.2, 0) is 0 Å². The zero-order valence-electron chi connectivity index (χ0n) is 15.4. The maximum atomic E-state index is 5.76. The largest absolute Gasteiger partial charge is 0.493 e. The van der Waals surface area contributed by atoms with Crippen molar-refractivity contribution in [3.05, 3.63) is 67.3 Å². The molecule has 0 fully saturated rings. The minimum Gasteiger partial charge on any atom is -0.493 e. The van der Waals surface area contributed by atoms with E-state index in [1.165, 1.54) is 6.33 Å². The molecule has 2 aromatic carbocycles. The highest BCUT2D eigenvalue weighted by Gasteiger charge is 2.11. The van der Waals surface area contributed by atoms with Crippen molar-refractivity contribution >= 4 is 22.4 Å². The molecule has 0 spiro atoms. The molecule has 7 heteroatoms. The van der Waals surface area contributed by atoms with Crippen LogP contribution in [-0.4, -0.2) is 29.2 Å². The second kappa shape index (κ2) is 7.79. The molecule has 28 heavy (non-hydrogen) atoms. The van der Waals surface area contributed by atoms with Gasteiger partial charge in [0, 0.05) is 23.3 Å². The van der Waals surface area contributed by atoms with Crippen LogP contribution in [0.4, 0.5) is 11.5 Å². The van der Waals surface area contributed by atoms with Crippen LogP contribution >= 0.6 is 0 Å². The number of hydrogen-bond donors (Lipinski definition) is 1. The molecule has 0 saturated carbocycles. The Morgan fingerprint density at radius 2 is 1.64 bits per heavy atom. The van der Waals surface area contributed by atoms with Crippen molar-refractivity contribution in [1.29, 1.82) is 0 Å². The molecule has 4 rings (SSSR count). The van der Waals surface area contributed by atoms with Gasteiger partial charge < -0.3 is 19.5 Å². The standard InChI is InChI=1S/C21H18N4O3/c1-26-19-10-17-18(11-20(19)27-2)23-13-24-21(17)25-14-5-7-15(8-6-14)28-16-4-3-9-22-12-16/h3-13H,1-2H3,(H,23,24,25). The molecule has 2 aromatic heterocycles. The molecule has 1 N–H and O–H groups in total. The van der Waals surface area contributed by atoms with Gasteiger partial charge >= 0.3 is 0 Å². The van der Waals surface area contributed by atoms with Gasteiger partial charge in [0.1, 0.15) is 23.6 Å². The molecule has 7 nitrogen and oxygen atoms in total. The summed E-state index contributed by atoms with van der Waals surface area (Å²) < 4.78 is 16.5. The summed E-state index contributed by atoms with van der Waals surface area (Å²) in [6, 6.07) is 15.0. The van der Waals surface area contributed by atoms with Gasteiger partial charge in [-0.2, -0.15) is 0 Å². The molecule has 0 saturated heterocycles. The fourth-order valence-electron chi connectivity index (χ4n) is 2.77. The van der Waals surface area contributed by atoms with E-state index in [1.807, 2.05) is 48.5 Å². The topological polar surface area (TPSA) is 78.4 Å². The Morgan fingerprint density at radius 1 is 0.857 bits per heavy atom. The summed E-state index contributed by atoms with van der Waals surface area (Å²) in [5.74, 6) is 3.32. The van der Waals surface area contributed by atoms with Crippen LogP contribution < -0.4 is 19.5 Å². The number of methoxy groups -OCH3 is 2. The third kappa shape index (κ3) is 3.64. The lowest BCUT2D eigenvalue weighted by atomic mass is 10.2. The van der Waals surface area contributed by atoms with E-state index in [0.717, 1.165) is 22.3 Å². The Kier molecular flexibility index (Phi) is 4.88. The van der Waals surface area contributed by atoms with Gasteiger partial charge in [-0.05, 0) is 42.5 Å². The van der Waals surface area contributed by atoms with Gasteiger partial charge in [-0.3, -0.25) is 4.98 Å². The second-order valence-corrected chi connectivity index (χ2v) is 5.89. The number of fused-ring (bicyclic) bond motifs is 1. The summed E-state index contributed by atoms with van der Waals surface area (Å²) in [5, 5.41) is 4.14. The number of hydrogen-bond acceptors (Lipinski definition) is 7. The van der Waals surface area contributed by atoms with E-state index >= 15 is 0 Å². The van der Waals surface area contributed by atoms with E-state index in [2.05, 4.69) is 20.3 Å². The van der Waals surface area contributed by atoms with Gasteiger partial charge in [-0.15, -0.1) is 0 Å². The molecule has 0 bridgehead atoms. The summed E-state index contributed by atoms with van der Waals surface area (Å²) >= 11 is 0. The summed E-state index contributed by atoms with van der Waals surface area (Å²) in [7, 11) is 3.20. The van der Waals surface area contributed by atoms with Gasteiger partial charge in [0.25, 0.3) is 0 Å². The highest BCUT2D eigenvalue weighted by Crippen LogP contribution is 2.34. The third-order valence-corrected chi connectivity index (χ3v) is 4.13. The van der Waals surface area contributed by atoms with Crippen LogP contribution in [0, 0.1) is 0 Å². The molecule has 0 atom stereocenters. The van der Waals surface area contributed by atoms with Gasteiger partial charge in [0.05, 0.1) is 25.9 Å². The summed E-state index contributed by atoms with van der Waals surface area (Å²) in [5.41, 5.74) is 1.63. The van der Waals surface area contributed by atoms with E-state index in [9.17, 15) is 0 Å². The van der Waals surface area contributed by atoms with Crippen LogP contribution in [0.25, 0.3) is 10.9 Å². The quantitative estimate of drug-likeness (QED) is 0.529. The van der Waals surface area contributed by atoms with Crippen molar-refractivity contribution in [2.24, 2.45) is 0 Å². The zero-order valence-corrected chi connectivity index (χ0v) is 15.4. The number of benzene rings is 2. The first kappa shape index (κ1) is 17.5. The van der Waals surface area contributed by atoms with E-state index in [0.29, 0.717) is 23.1 Å². The first-order valence-corrected chi connectivity index (χ1v) is 8.58. The van der Waals surface area contributed by atoms with Crippen molar-refractivity contribution in [2.45, 2.75) is 0 Å². The highest BCUT2D eigenvalue weighted by molar-refractivity contribution is 5.93. The predicted molar refractivity (Wildman–Crippen MR) is 107 cm³/mol.